The number of pyridine rings is 1. The number of aromatic nitrogens is 3. The Morgan fingerprint density at radius 2 is 2.12 bits per heavy atom. The molecule has 1 aliphatic rings. The van der Waals surface area contributed by atoms with Crippen molar-refractivity contribution in [2.75, 3.05) is 5.84 Å². The van der Waals surface area contributed by atoms with Crippen molar-refractivity contribution in [3.8, 4) is 11.3 Å². The molecule has 2 aromatic rings. The fourth-order valence-corrected chi connectivity index (χ4v) is 3.47. The Kier molecular flexibility index (Phi) is 4.26. The van der Waals surface area contributed by atoms with E-state index in [1.54, 1.807) is 12.1 Å². The second kappa shape index (κ2) is 6.22. The molecule has 0 saturated heterocycles. The first kappa shape index (κ1) is 16.4. The summed E-state index contributed by atoms with van der Waals surface area (Å²) in [5.74, 6) is 6.05. The molecule has 128 valence electrons. The van der Waals surface area contributed by atoms with Gasteiger partial charge in [0, 0.05) is 11.9 Å². The van der Waals surface area contributed by atoms with Crippen molar-refractivity contribution in [2.45, 2.75) is 46.0 Å². The first-order valence-corrected chi connectivity index (χ1v) is 8.29. The topological polar surface area (TPSA) is 106 Å². The molecule has 0 amide bonds. The average Bonchev–Trinajstić information content (AvgIpc) is 2.95. The third-order valence-corrected chi connectivity index (χ3v) is 5.00. The van der Waals surface area contributed by atoms with E-state index in [-0.39, 0.29) is 16.8 Å². The van der Waals surface area contributed by atoms with E-state index in [4.69, 9.17) is 5.84 Å². The van der Waals surface area contributed by atoms with Gasteiger partial charge < -0.3 is 10.8 Å². The Bertz CT molecular complexity index is 796. The molecule has 0 aromatic carbocycles. The highest BCUT2D eigenvalue weighted by atomic mass is 16.3. The fourth-order valence-electron chi connectivity index (χ4n) is 3.47. The molecule has 24 heavy (non-hydrogen) atoms. The zero-order valence-corrected chi connectivity index (χ0v) is 14.1. The van der Waals surface area contributed by atoms with Gasteiger partial charge in [-0.2, -0.15) is 9.89 Å². The summed E-state index contributed by atoms with van der Waals surface area (Å²) in [4.78, 5) is 27.6. The van der Waals surface area contributed by atoms with Crippen molar-refractivity contribution in [3.05, 3.63) is 39.3 Å². The van der Waals surface area contributed by atoms with Crippen LogP contribution >= 0.6 is 0 Å². The van der Waals surface area contributed by atoms with Crippen LogP contribution in [0.5, 0.6) is 0 Å². The van der Waals surface area contributed by atoms with Gasteiger partial charge in [-0.1, -0.05) is 13.8 Å². The number of nitrogens with two attached hydrogens (primary N) is 1. The van der Waals surface area contributed by atoms with Gasteiger partial charge in [-0.25, -0.2) is 0 Å². The van der Waals surface area contributed by atoms with Crippen LogP contribution in [0.4, 0.5) is 5.69 Å². The number of H-pyrrole nitrogens is 1. The largest absolute Gasteiger partial charge is 0.325 e. The summed E-state index contributed by atoms with van der Waals surface area (Å²) in [6, 6.07) is 3.25. The van der Waals surface area contributed by atoms with E-state index in [2.05, 4.69) is 29.1 Å². The quantitative estimate of drug-likeness (QED) is 0.664. The van der Waals surface area contributed by atoms with Crippen LogP contribution in [0.3, 0.4) is 0 Å². The number of hydrogen-bond acceptors (Lipinski definition) is 5. The average molecular weight is 329 g/mol. The van der Waals surface area contributed by atoms with Gasteiger partial charge in [-0.15, -0.1) is 4.91 Å². The van der Waals surface area contributed by atoms with E-state index in [1.807, 2.05) is 0 Å². The van der Waals surface area contributed by atoms with Crippen LogP contribution in [0.1, 0.15) is 45.2 Å². The van der Waals surface area contributed by atoms with E-state index in [9.17, 15) is 9.70 Å². The van der Waals surface area contributed by atoms with Gasteiger partial charge in [0.1, 0.15) is 11.4 Å². The van der Waals surface area contributed by atoms with Gasteiger partial charge >= 0.3 is 0 Å². The smallest absolute Gasteiger partial charge is 0.260 e. The molecule has 1 saturated carbocycles. The molecule has 7 heteroatoms. The molecular formula is C17H23N5O2. The minimum absolute atomic E-state index is 0.114. The number of aromatic amines is 1. The number of nitrogens with zero attached hydrogens (tertiary/aromatic N) is 3. The molecule has 7 nitrogen and oxygen atoms in total. The van der Waals surface area contributed by atoms with Gasteiger partial charge in [0.15, 0.2) is 0 Å². The molecule has 2 heterocycles. The van der Waals surface area contributed by atoms with Crippen LogP contribution in [-0.4, -0.2) is 14.9 Å². The molecule has 1 fully saturated rings. The van der Waals surface area contributed by atoms with Crippen LogP contribution in [0, 0.1) is 16.2 Å². The lowest BCUT2D eigenvalue weighted by Crippen LogP contribution is -2.23. The lowest BCUT2D eigenvalue weighted by molar-refractivity contribution is 0.190. The molecule has 0 aliphatic heterocycles. The van der Waals surface area contributed by atoms with Gasteiger partial charge in [0.05, 0.1) is 5.56 Å². The number of nitrogen functional groups attached to an aromatic ring is 1. The van der Waals surface area contributed by atoms with E-state index in [0.717, 1.165) is 29.7 Å². The van der Waals surface area contributed by atoms with Crippen molar-refractivity contribution in [1.29, 1.82) is 0 Å². The SMILES string of the molecule is CC1(C)CCC(Cc2cc(N=O)c(-c3ccn(N)n3)c(=O)[nH]2)CC1. The van der Waals surface area contributed by atoms with Gasteiger partial charge in [-0.3, -0.25) is 4.79 Å². The Labute approximate surface area is 140 Å². The van der Waals surface area contributed by atoms with E-state index >= 15 is 0 Å². The van der Waals surface area contributed by atoms with Crippen LogP contribution in [0.2, 0.25) is 0 Å². The zero-order valence-electron chi connectivity index (χ0n) is 14.1. The maximum Gasteiger partial charge on any atom is 0.260 e. The number of nitroso groups, excluding NO2 is 1. The lowest BCUT2D eigenvalue weighted by atomic mass is 9.72. The Morgan fingerprint density at radius 3 is 2.71 bits per heavy atom. The van der Waals surface area contributed by atoms with E-state index < -0.39 is 0 Å². The minimum Gasteiger partial charge on any atom is -0.325 e. The van der Waals surface area contributed by atoms with Gasteiger partial charge in [0.25, 0.3) is 5.56 Å². The second-order valence-electron chi connectivity index (χ2n) is 7.47. The van der Waals surface area contributed by atoms with Crippen molar-refractivity contribution in [1.82, 2.24) is 14.9 Å². The van der Waals surface area contributed by atoms with E-state index in [1.165, 1.54) is 19.0 Å². The summed E-state index contributed by atoms with van der Waals surface area (Å²) < 4.78 is 0. The summed E-state index contributed by atoms with van der Waals surface area (Å²) in [6.45, 7) is 4.59. The summed E-state index contributed by atoms with van der Waals surface area (Å²) in [7, 11) is 0. The highest BCUT2D eigenvalue weighted by Crippen LogP contribution is 2.39. The van der Waals surface area contributed by atoms with E-state index in [0.29, 0.717) is 17.0 Å². The standard InChI is InChI=1S/C17H23N5O2/c1-17(2)6-3-11(4-7-17)9-12-10-14(21-24)15(16(23)19-12)13-5-8-22(18)20-13/h5,8,10-11H,3-4,6-7,9,18H2,1-2H3,(H,19,23). The first-order chi connectivity index (χ1) is 11.4. The summed E-state index contributed by atoms with van der Waals surface area (Å²) in [6.07, 6.45) is 6.93. The minimum atomic E-state index is -0.350. The fraction of sp³-hybridized carbons (Fsp3) is 0.529. The van der Waals surface area contributed by atoms with Gasteiger partial charge in [0.2, 0.25) is 0 Å². The maximum absolute atomic E-state index is 12.4. The molecule has 1 aliphatic carbocycles. The molecule has 3 rings (SSSR count). The number of hydrogen-bond donors (Lipinski definition) is 2. The molecule has 0 spiro atoms. The second-order valence-corrected chi connectivity index (χ2v) is 7.47. The molecule has 3 N–H and O–H groups in total. The monoisotopic (exact) mass is 329 g/mol. The lowest BCUT2D eigenvalue weighted by Gasteiger charge is -2.34. The first-order valence-electron chi connectivity index (χ1n) is 8.29. The summed E-state index contributed by atoms with van der Waals surface area (Å²) in [5.41, 5.74) is 1.45. The maximum atomic E-state index is 12.4. The molecular weight excluding hydrogens is 306 g/mol. The predicted octanol–water partition coefficient (Wildman–Crippen LogP) is 3.11. The Hall–Kier alpha value is -2.44. The van der Waals surface area contributed by atoms with Crippen molar-refractivity contribution in [2.24, 2.45) is 16.5 Å². The predicted molar refractivity (Wildman–Crippen MR) is 93.3 cm³/mol. The Balaban J connectivity index is 1.85. The zero-order chi connectivity index (χ0) is 17.3. The number of rotatable bonds is 4. The molecule has 0 radical (unpaired) electrons. The number of nitrogens with one attached hydrogen (secondary N) is 1. The van der Waals surface area contributed by atoms with Crippen LogP contribution in [0.15, 0.2) is 28.3 Å². The van der Waals surface area contributed by atoms with Crippen molar-refractivity contribution < 1.29 is 0 Å². The molecule has 0 bridgehead atoms. The highest BCUT2D eigenvalue weighted by Gasteiger charge is 2.27. The van der Waals surface area contributed by atoms with Crippen LogP contribution in [-0.2, 0) is 6.42 Å². The Morgan fingerprint density at radius 1 is 1.42 bits per heavy atom. The normalized spacial score (nSPS) is 17.8. The third kappa shape index (κ3) is 3.39. The van der Waals surface area contributed by atoms with Crippen LogP contribution in [0.25, 0.3) is 11.3 Å². The molecule has 2 aromatic heterocycles. The summed E-state index contributed by atoms with van der Waals surface area (Å²) in [5, 5.41) is 7.02. The summed E-state index contributed by atoms with van der Waals surface area (Å²) >= 11 is 0. The molecule has 0 atom stereocenters. The molecule has 0 unspecified atom stereocenters. The highest BCUT2D eigenvalue weighted by molar-refractivity contribution is 5.72. The third-order valence-electron chi connectivity index (χ3n) is 5.00. The van der Waals surface area contributed by atoms with Crippen LogP contribution < -0.4 is 11.4 Å². The van der Waals surface area contributed by atoms with Gasteiger partial charge in [-0.05, 0) is 60.7 Å². The van der Waals surface area contributed by atoms with Crippen molar-refractivity contribution in [3.63, 3.8) is 0 Å². The van der Waals surface area contributed by atoms with Crippen molar-refractivity contribution >= 4 is 5.69 Å².